The normalized spacial score (nSPS) is 23.6. The molecular formula is C14H22N4O2S. The second-order valence-electron chi connectivity index (χ2n) is 5.55. The molecule has 116 valence electrons. The molecule has 0 aromatic carbocycles. The quantitative estimate of drug-likeness (QED) is 0.777. The molecule has 1 saturated heterocycles. The minimum absolute atomic E-state index is 0.0438. The molecule has 21 heavy (non-hydrogen) atoms. The standard InChI is InChI=1S/C14H22N4O2S/c1-9-7-18(8-10(2)16-9)13(19)6-11(17-14(15)20)12-4-3-5-21-12/h3-5,9-11,16H,6-8H2,1-2H3,(H3,15,17,20)/t9-,10-,11+/m1/s1. The summed E-state index contributed by atoms with van der Waals surface area (Å²) in [5.41, 5.74) is 5.22. The minimum Gasteiger partial charge on any atom is -0.352 e. The number of rotatable bonds is 4. The van der Waals surface area contributed by atoms with E-state index in [2.05, 4.69) is 24.5 Å². The fourth-order valence-corrected chi connectivity index (χ4v) is 3.50. The van der Waals surface area contributed by atoms with E-state index in [4.69, 9.17) is 5.73 Å². The number of carbonyl (C=O) groups excluding carboxylic acids is 2. The molecule has 3 atom stereocenters. The first-order valence-electron chi connectivity index (χ1n) is 7.09. The van der Waals surface area contributed by atoms with Gasteiger partial charge >= 0.3 is 6.03 Å². The lowest BCUT2D eigenvalue weighted by atomic mass is 10.1. The summed E-state index contributed by atoms with van der Waals surface area (Å²) in [6.07, 6.45) is 0.239. The van der Waals surface area contributed by atoms with Gasteiger partial charge in [-0.3, -0.25) is 4.79 Å². The van der Waals surface area contributed by atoms with Crippen LogP contribution >= 0.6 is 11.3 Å². The van der Waals surface area contributed by atoms with Crippen LogP contribution in [0, 0.1) is 0 Å². The van der Waals surface area contributed by atoms with Crippen LogP contribution < -0.4 is 16.4 Å². The molecular weight excluding hydrogens is 288 g/mol. The highest BCUT2D eigenvalue weighted by Crippen LogP contribution is 2.23. The van der Waals surface area contributed by atoms with E-state index in [1.54, 1.807) is 0 Å². The summed E-state index contributed by atoms with van der Waals surface area (Å²) in [6, 6.07) is 3.40. The molecule has 0 radical (unpaired) electrons. The molecule has 6 nitrogen and oxygen atoms in total. The van der Waals surface area contributed by atoms with Gasteiger partial charge in [0, 0.05) is 30.1 Å². The Morgan fingerprint density at radius 2 is 2.14 bits per heavy atom. The molecule has 2 rings (SSSR count). The van der Waals surface area contributed by atoms with Gasteiger partial charge in [0.1, 0.15) is 0 Å². The minimum atomic E-state index is -0.608. The summed E-state index contributed by atoms with van der Waals surface area (Å²) in [7, 11) is 0. The van der Waals surface area contributed by atoms with Gasteiger partial charge in [-0.05, 0) is 25.3 Å². The third-order valence-corrected chi connectivity index (χ3v) is 4.48. The molecule has 7 heteroatoms. The van der Waals surface area contributed by atoms with Crippen molar-refractivity contribution in [1.29, 1.82) is 0 Å². The van der Waals surface area contributed by atoms with E-state index in [-0.39, 0.29) is 30.5 Å². The van der Waals surface area contributed by atoms with Crippen molar-refractivity contribution in [3.05, 3.63) is 22.4 Å². The molecule has 1 aromatic heterocycles. The monoisotopic (exact) mass is 310 g/mol. The molecule has 0 aliphatic carbocycles. The van der Waals surface area contributed by atoms with Crippen molar-refractivity contribution in [2.24, 2.45) is 5.73 Å². The summed E-state index contributed by atoms with van der Waals surface area (Å²) in [6.45, 7) is 5.51. The maximum Gasteiger partial charge on any atom is 0.312 e. The van der Waals surface area contributed by atoms with Crippen LogP contribution in [0.25, 0.3) is 0 Å². The van der Waals surface area contributed by atoms with Crippen LogP contribution in [0.3, 0.4) is 0 Å². The molecule has 0 spiro atoms. The van der Waals surface area contributed by atoms with Gasteiger partial charge in [-0.1, -0.05) is 6.07 Å². The number of primary amides is 1. The smallest absolute Gasteiger partial charge is 0.312 e. The van der Waals surface area contributed by atoms with Crippen molar-refractivity contribution in [1.82, 2.24) is 15.5 Å². The van der Waals surface area contributed by atoms with Crippen molar-refractivity contribution in [3.63, 3.8) is 0 Å². The number of urea groups is 1. The van der Waals surface area contributed by atoms with E-state index in [0.29, 0.717) is 13.1 Å². The molecule has 1 aliphatic heterocycles. The number of hydrogen-bond donors (Lipinski definition) is 3. The van der Waals surface area contributed by atoms with Crippen molar-refractivity contribution in [3.8, 4) is 0 Å². The molecule has 4 N–H and O–H groups in total. The molecule has 1 aliphatic rings. The van der Waals surface area contributed by atoms with Gasteiger partial charge in [0.25, 0.3) is 0 Å². The number of nitrogens with one attached hydrogen (secondary N) is 2. The van der Waals surface area contributed by atoms with E-state index >= 15 is 0 Å². The Kier molecular flexibility index (Phi) is 5.19. The SMILES string of the molecule is C[C@@H]1CN(C(=O)C[C@H](NC(N)=O)c2cccs2)C[C@@H](C)N1. The van der Waals surface area contributed by atoms with Gasteiger partial charge in [-0.15, -0.1) is 11.3 Å². The number of piperazine rings is 1. The average molecular weight is 310 g/mol. The zero-order valence-corrected chi connectivity index (χ0v) is 13.2. The highest BCUT2D eigenvalue weighted by atomic mass is 32.1. The van der Waals surface area contributed by atoms with Crippen LogP contribution in [0.2, 0.25) is 0 Å². The van der Waals surface area contributed by atoms with Crippen LogP contribution in [0.15, 0.2) is 17.5 Å². The lowest BCUT2D eigenvalue weighted by Crippen LogP contribution is -2.56. The predicted molar refractivity (Wildman–Crippen MR) is 83.0 cm³/mol. The van der Waals surface area contributed by atoms with Crippen LogP contribution in [0.1, 0.15) is 31.2 Å². The first-order valence-corrected chi connectivity index (χ1v) is 7.97. The number of nitrogens with two attached hydrogens (primary N) is 1. The second-order valence-corrected chi connectivity index (χ2v) is 6.53. The number of nitrogens with zero attached hydrogens (tertiary/aromatic N) is 1. The van der Waals surface area contributed by atoms with E-state index in [9.17, 15) is 9.59 Å². The summed E-state index contributed by atoms with van der Waals surface area (Å²) < 4.78 is 0. The van der Waals surface area contributed by atoms with Gasteiger partial charge < -0.3 is 21.3 Å². The Morgan fingerprint density at radius 3 is 2.67 bits per heavy atom. The third kappa shape index (κ3) is 4.44. The first kappa shape index (κ1) is 15.8. The van der Waals surface area contributed by atoms with Crippen LogP contribution in [0.5, 0.6) is 0 Å². The Balaban J connectivity index is 2.02. The van der Waals surface area contributed by atoms with Crippen LogP contribution in [-0.4, -0.2) is 42.0 Å². The number of carbonyl (C=O) groups is 2. The fraction of sp³-hybridized carbons (Fsp3) is 0.571. The van der Waals surface area contributed by atoms with E-state index in [1.165, 1.54) is 11.3 Å². The zero-order chi connectivity index (χ0) is 15.4. The maximum absolute atomic E-state index is 12.5. The van der Waals surface area contributed by atoms with Crippen molar-refractivity contribution in [2.75, 3.05) is 13.1 Å². The van der Waals surface area contributed by atoms with E-state index < -0.39 is 6.03 Å². The maximum atomic E-state index is 12.5. The van der Waals surface area contributed by atoms with Crippen LogP contribution in [-0.2, 0) is 4.79 Å². The summed E-state index contributed by atoms with van der Waals surface area (Å²) in [5.74, 6) is 0.0438. The highest BCUT2D eigenvalue weighted by molar-refractivity contribution is 7.10. The van der Waals surface area contributed by atoms with E-state index in [1.807, 2.05) is 22.4 Å². The van der Waals surface area contributed by atoms with Crippen molar-refractivity contribution < 1.29 is 9.59 Å². The van der Waals surface area contributed by atoms with Gasteiger partial charge in [0.15, 0.2) is 0 Å². The Labute approximate surface area is 128 Å². The number of hydrogen-bond acceptors (Lipinski definition) is 4. The van der Waals surface area contributed by atoms with Gasteiger partial charge in [0.2, 0.25) is 5.91 Å². The van der Waals surface area contributed by atoms with Crippen molar-refractivity contribution >= 4 is 23.3 Å². The van der Waals surface area contributed by atoms with Gasteiger partial charge in [-0.25, -0.2) is 4.79 Å². The Bertz CT molecular complexity index is 481. The predicted octanol–water partition coefficient (Wildman–Crippen LogP) is 1.06. The largest absolute Gasteiger partial charge is 0.352 e. The van der Waals surface area contributed by atoms with Crippen molar-refractivity contribution in [2.45, 2.75) is 38.4 Å². The molecule has 1 fully saturated rings. The topological polar surface area (TPSA) is 87.5 Å². The number of thiophene rings is 1. The lowest BCUT2D eigenvalue weighted by Gasteiger charge is -2.36. The molecule has 1 aromatic rings. The van der Waals surface area contributed by atoms with E-state index in [0.717, 1.165) is 4.88 Å². The fourth-order valence-electron chi connectivity index (χ4n) is 2.72. The Hall–Kier alpha value is -1.60. The first-order chi connectivity index (χ1) is 9.95. The molecule has 3 amide bonds. The lowest BCUT2D eigenvalue weighted by molar-refractivity contribution is -0.133. The second kappa shape index (κ2) is 6.91. The average Bonchev–Trinajstić information content (AvgIpc) is 2.89. The summed E-state index contributed by atoms with van der Waals surface area (Å²) in [4.78, 5) is 26.4. The highest BCUT2D eigenvalue weighted by Gasteiger charge is 2.27. The summed E-state index contributed by atoms with van der Waals surface area (Å²) in [5, 5.41) is 7.98. The molecule has 0 unspecified atom stereocenters. The zero-order valence-electron chi connectivity index (χ0n) is 12.3. The Morgan fingerprint density at radius 1 is 1.48 bits per heavy atom. The molecule has 2 heterocycles. The summed E-state index contributed by atoms with van der Waals surface area (Å²) >= 11 is 1.51. The third-order valence-electron chi connectivity index (χ3n) is 3.49. The number of amides is 3. The van der Waals surface area contributed by atoms with Crippen LogP contribution in [0.4, 0.5) is 4.79 Å². The molecule has 0 saturated carbocycles. The van der Waals surface area contributed by atoms with Gasteiger partial charge in [-0.2, -0.15) is 0 Å². The van der Waals surface area contributed by atoms with Gasteiger partial charge in [0.05, 0.1) is 12.5 Å². The molecule has 0 bridgehead atoms.